The lowest BCUT2D eigenvalue weighted by molar-refractivity contribution is 0.415. The molecule has 3 N–H and O–H groups in total. The number of hydrogen-bond donors (Lipinski definition) is 2. The Morgan fingerprint density at radius 2 is 2.18 bits per heavy atom. The van der Waals surface area contributed by atoms with Crippen molar-refractivity contribution < 1.29 is 4.74 Å². The van der Waals surface area contributed by atoms with Crippen LogP contribution in [0.5, 0.6) is 5.75 Å². The van der Waals surface area contributed by atoms with E-state index in [0.717, 1.165) is 34.6 Å². The van der Waals surface area contributed by atoms with Gasteiger partial charge in [-0.3, -0.25) is 4.98 Å². The third kappa shape index (κ3) is 2.47. The highest BCUT2D eigenvalue weighted by molar-refractivity contribution is 5.92. The fraction of sp³-hybridized carbons (Fsp3) is 0.308. The van der Waals surface area contributed by atoms with Crippen LogP contribution in [0.15, 0.2) is 24.3 Å². The van der Waals surface area contributed by atoms with E-state index in [1.165, 1.54) is 0 Å². The number of benzene rings is 1. The Bertz CT molecular complexity index is 525. The number of methoxy groups -OCH3 is 1. The SMILES string of the molecule is COc1ccc2nc(C)cc(NCCN)c2c1. The minimum atomic E-state index is 0.604. The largest absolute Gasteiger partial charge is 0.497 e. The minimum absolute atomic E-state index is 0.604. The number of pyridine rings is 1. The number of aryl methyl sites for hydroxylation is 1. The van der Waals surface area contributed by atoms with Gasteiger partial charge in [0.1, 0.15) is 5.75 Å². The van der Waals surface area contributed by atoms with Crippen molar-refractivity contribution in [3.63, 3.8) is 0 Å². The van der Waals surface area contributed by atoms with Crippen molar-refractivity contribution in [3.8, 4) is 5.75 Å². The number of ether oxygens (including phenoxy) is 1. The second-order valence-corrected chi connectivity index (χ2v) is 3.91. The van der Waals surface area contributed by atoms with Crippen LogP contribution in [0.1, 0.15) is 5.69 Å². The number of nitrogens with one attached hydrogen (secondary N) is 1. The van der Waals surface area contributed by atoms with Crippen LogP contribution in [-0.4, -0.2) is 25.2 Å². The van der Waals surface area contributed by atoms with Crippen molar-refractivity contribution in [2.45, 2.75) is 6.92 Å². The molecule has 0 bridgehead atoms. The Kier molecular flexibility index (Phi) is 3.44. The Morgan fingerprint density at radius 3 is 2.88 bits per heavy atom. The molecule has 0 aliphatic heterocycles. The number of hydrogen-bond acceptors (Lipinski definition) is 4. The van der Waals surface area contributed by atoms with Crippen LogP contribution in [0.3, 0.4) is 0 Å². The lowest BCUT2D eigenvalue weighted by Crippen LogP contribution is -2.13. The quantitative estimate of drug-likeness (QED) is 0.844. The van der Waals surface area contributed by atoms with Gasteiger partial charge in [-0.2, -0.15) is 0 Å². The van der Waals surface area contributed by atoms with Gasteiger partial charge in [0.15, 0.2) is 0 Å². The van der Waals surface area contributed by atoms with E-state index in [0.29, 0.717) is 6.54 Å². The summed E-state index contributed by atoms with van der Waals surface area (Å²) in [6.07, 6.45) is 0. The summed E-state index contributed by atoms with van der Waals surface area (Å²) in [6.45, 7) is 3.33. The maximum atomic E-state index is 5.51. The van der Waals surface area contributed by atoms with Crippen molar-refractivity contribution in [1.82, 2.24) is 4.98 Å². The van der Waals surface area contributed by atoms with Crippen molar-refractivity contribution in [2.24, 2.45) is 5.73 Å². The Labute approximate surface area is 101 Å². The predicted molar refractivity (Wildman–Crippen MR) is 70.6 cm³/mol. The summed E-state index contributed by atoms with van der Waals surface area (Å²) < 4.78 is 5.23. The van der Waals surface area contributed by atoms with E-state index in [4.69, 9.17) is 10.5 Å². The molecule has 90 valence electrons. The number of nitrogens with two attached hydrogens (primary N) is 1. The van der Waals surface area contributed by atoms with E-state index < -0.39 is 0 Å². The van der Waals surface area contributed by atoms with Crippen LogP contribution < -0.4 is 15.8 Å². The summed E-state index contributed by atoms with van der Waals surface area (Å²) in [5, 5.41) is 4.37. The van der Waals surface area contributed by atoms with Crippen LogP contribution in [0, 0.1) is 6.92 Å². The summed E-state index contributed by atoms with van der Waals surface area (Å²) >= 11 is 0. The van der Waals surface area contributed by atoms with Gasteiger partial charge in [-0.05, 0) is 31.2 Å². The van der Waals surface area contributed by atoms with Crippen molar-refractivity contribution in [3.05, 3.63) is 30.0 Å². The van der Waals surface area contributed by atoms with Crippen LogP contribution >= 0.6 is 0 Å². The topological polar surface area (TPSA) is 60.2 Å². The molecule has 4 nitrogen and oxygen atoms in total. The average Bonchev–Trinajstić information content (AvgIpc) is 2.35. The van der Waals surface area contributed by atoms with E-state index in [9.17, 15) is 0 Å². The Balaban J connectivity index is 2.53. The number of anilines is 1. The highest BCUT2D eigenvalue weighted by Crippen LogP contribution is 2.26. The number of fused-ring (bicyclic) bond motifs is 1. The monoisotopic (exact) mass is 231 g/mol. The number of nitrogens with zero attached hydrogens (tertiary/aromatic N) is 1. The van der Waals surface area contributed by atoms with Gasteiger partial charge in [-0.25, -0.2) is 0 Å². The zero-order chi connectivity index (χ0) is 12.3. The summed E-state index contributed by atoms with van der Waals surface area (Å²) in [5.74, 6) is 0.832. The summed E-state index contributed by atoms with van der Waals surface area (Å²) in [5.41, 5.74) is 8.52. The molecule has 0 saturated heterocycles. The average molecular weight is 231 g/mol. The molecule has 0 fully saturated rings. The smallest absolute Gasteiger partial charge is 0.119 e. The first kappa shape index (κ1) is 11.7. The summed E-state index contributed by atoms with van der Waals surface area (Å²) in [6, 6.07) is 7.90. The number of rotatable bonds is 4. The van der Waals surface area contributed by atoms with Gasteiger partial charge < -0.3 is 15.8 Å². The lowest BCUT2D eigenvalue weighted by atomic mass is 10.1. The molecule has 0 amide bonds. The van der Waals surface area contributed by atoms with Gasteiger partial charge in [0.2, 0.25) is 0 Å². The van der Waals surface area contributed by atoms with Crippen LogP contribution in [0.4, 0.5) is 5.69 Å². The second-order valence-electron chi connectivity index (χ2n) is 3.91. The van der Waals surface area contributed by atoms with Crippen LogP contribution in [0.25, 0.3) is 10.9 Å². The molecule has 0 unspecified atom stereocenters. The molecular weight excluding hydrogens is 214 g/mol. The normalized spacial score (nSPS) is 10.5. The summed E-state index contributed by atoms with van der Waals surface area (Å²) in [4.78, 5) is 4.49. The molecule has 0 spiro atoms. The van der Waals surface area contributed by atoms with E-state index in [1.807, 2.05) is 31.2 Å². The predicted octanol–water partition coefficient (Wildman–Crippen LogP) is 1.92. The van der Waals surface area contributed by atoms with E-state index in [1.54, 1.807) is 7.11 Å². The number of aromatic nitrogens is 1. The van der Waals surface area contributed by atoms with Gasteiger partial charge in [-0.15, -0.1) is 0 Å². The molecule has 0 radical (unpaired) electrons. The highest BCUT2D eigenvalue weighted by atomic mass is 16.5. The first-order valence-corrected chi connectivity index (χ1v) is 5.64. The van der Waals surface area contributed by atoms with Gasteiger partial charge in [0.05, 0.1) is 12.6 Å². The van der Waals surface area contributed by atoms with Crippen molar-refractivity contribution in [2.75, 3.05) is 25.5 Å². The fourth-order valence-electron chi connectivity index (χ4n) is 1.82. The molecule has 0 aliphatic rings. The van der Waals surface area contributed by atoms with Gasteiger partial charge >= 0.3 is 0 Å². The maximum Gasteiger partial charge on any atom is 0.119 e. The maximum absolute atomic E-state index is 5.51. The van der Waals surface area contributed by atoms with Crippen molar-refractivity contribution >= 4 is 16.6 Å². The molecule has 1 aromatic heterocycles. The second kappa shape index (κ2) is 5.01. The molecule has 17 heavy (non-hydrogen) atoms. The Morgan fingerprint density at radius 1 is 1.35 bits per heavy atom. The molecule has 1 heterocycles. The zero-order valence-electron chi connectivity index (χ0n) is 10.2. The molecule has 0 atom stereocenters. The minimum Gasteiger partial charge on any atom is -0.497 e. The zero-order valence-corrected chi connectivity index (χ0v) is 10.2. The van der Waals surface area contributed by atoms with Crippen LogP contribution in [-0.2, 0) is 0 Å². The van der Waals surface area contributed by atoms with Gasteiger partial charge in [-0.1, -0.05) is 0 Å². The fourth-order valence-corrected chi connectivity index (χ4v) is 1.82. The van der Waals surface area contributed by atoms with Gasteiger partial charge in [0, 0.05) is 29.9 Å². The molecule has 1 aromatic carbocycles. The standard InChI is InChI=1S/C13H17N3O/c1-9-7-13(15-6-5-14)11-8-10(17-2)3-4-12(11)16-9/h3-4,7-8H,5-6,14H2,1-2H3,(H,15,16). The summed E-state index contributed by atoms with van der Waals surface area (Å²) in [7, 11) is 1.66. The molecule has 2 rings (SSSR count). The molecule has 2 aromatic rings. The van der Waals surface area contributed by atoms with E-state index in [2.05, 4.69) is 10.3 Å². The Hall–Kier alpha value is -1.81. The lowest BCUT2D eigenvalue weighted by Gasteiger charge is -2.11. The molecular formula is C13H17N3O. The third-order valence-corrected chi connectivity index (χ3v) is 2.60. The highest BCUT2D eigenvalue weighted by Gasteiger charge is 2.04. The molecule has 0 saturated carbocycles. The molecule has 0 aliphatic carbocycles. The van der Waals surface area contributed by atoms with E-state index >= 15 is 0 Å². The van der Waals surface area contributed by atoms with Crippen LogP contribution in [0.2, 0.25) is 0 Å². The first-order valence-electron chi connectivity index (χ1n) is 5.64. The van der Waals surface area contributed by atoms with Crippen molar-refractivity contribution in [1.29, 1.82) is 0 Å². The van der Waals surface area contributed by atoms with Gasteiger partial charge in [0.25, 0.3) is 0 Å². The van der Waals surface area contributed by atoms with E-state index in [-0.39, 0.29) is 0 Å². The molecule has 4 heteroatoms. The third-order valence-electron chi connectivity index (χ3n) is 2.60. The first-order chi connectivity index (χ1) is 8.24.